The Hall–Kier alpha value is -1.24. The summed E-state index contributed by atoms with van der Waals surface area (Å²) in [4.78, 5) is 0. The highest BCUT2D eigenvalue weighted by Crippen LogP contribution is 2.30. The van der Waals surface area contributed by atoms with Crippen LogP contribution in [0.25, 0.3) is 0 Å². The van der Waals surface area contributed by atoms with Crippen molar-refractivity contribution in [3.8, 4) is 5.88 Å². The summed E-state index contributed by atoms with van der Waals surface area (Å²) in [5, 5.41) is 3.33. The smallest absolute Gasteiger partial charge is 0.435 e. The van der Waals surface area contributed by atoms with Crippen LogP contribution < -0.4 is 10.5 Å². The van der Waals surface area contributed by atoms with E-state index in [1.54, 1.807) is 0 Å². The SMILES string of the molecule is COc1cc(C(F)(F)F)nn1CCN. The van der Waals surface area contributed by atoms with Gasteiger partial charge in [-0.15, -0.1) is 0 Å². The second-order valence-corrected chi connectivity index (χ2v) is 2.58. The van der Waals surface area contributed by atoms with Crippen molar-refractivity contribution in [2.75, 3.05) is 13.7 Å². The predicted molar refractivity (Wildman–Crippen MR) is 42.8 cm³/mol. The van der Waals surface area contributed by atoms with Crippen LogP contribution >= 0.6 is 0 Å². The number of methoxy groups -OCH3 is 1. The third-order valence-electron chi connectivity index (χ3n) is 1.58. The second kappa shape index (κ2) is 3.87. The monoisotopic (exact) mass is 209 g/mol. The van der Waals surface area contributed by atoms with Gasteiger partial charge in [-0.25, -0.2) is 4.68 Å². The number of rotatable bonds is 3. The molecule has 2 N–H and O–H groups in total. The summed E-state index contributed by atoms with van der Waals surface area (Å²) < 4.78 is 42.4. The fraction of sp³-hybridized carbons (Fsp3) is 0.571. The van der Waals surface area contributed by atoms with Gasteiger partial charge in [-0.3, -0.25) is 0 Å². The zero-order valence-corrected chi connectivity index (χ0v) is 7.51. The minimum atomic E-state index is -4.45. The van der Waals surface area contributed by atoms with E-state index in [0.717, 1.165) is 10.7 Å². The van der Waals surface area contributed by atoms with Crippen LogP contribution in [0.5, 0.6) is 5.88 Å². The van der Waals surface area contributed by atoms with Gasteiger partial charge < -0.3 is 10.5 Å². The van der Waals surface area contributed by atoms with Crippen molar-refractivity contribution in [2.45, 2.75) is 12.7 Å². The molecule has 1 heterocycles. The van der Waals surface area contributed by atoms with E-state index in [4.69, 9.17) is 10.5 Å². The summed E-state index contributed by atoms with van der Waals surface area (Å²) in [6.07, 6.45) is -4.45. The molecule has 7 heteroatoms. The topological polar surface area (TPSA) is 53.1 Å². The van der Waals surface area contributed by atoms with Gasteiger partial charge in [0, 0.05) is 12.6 Å². The molecule has 1 rings (SSSR count). The number of alkyl halides is 3. The third kappa shape index (κ3) is 2.16. The zero-order chi connectivity index (χ0) is 10.8. The quantitative estimate of drug-likeness (QED) is 0.803. The molecule has 0 saturated heterocycles. The van der Waals surface area contributed by atoms with Gasteiger partial charge in [0.2, 0.25) is 5.88 Å². The van der Waals surface area contributed by atoms with Crippen LogP contribution in [0.2, 0.25) is 0 Å². The average molecular weight is 209 g/mol. The first kappa shape index (κ1) is 10.8. The number of hydrogen-bond acceptors (Lipinski definition) is 3. The predicted octanol–water partition coefficient (Wildman–Crippen LogP) is 0.869. The summed E-state index contributed by atoms with van der Waals surface area (Å²) in [7, 11) is 1.28. The Balaban J connectivity index is 3.00. The molecule has 0 fully saturated rings. The maximum atomic E-state index is 12.2. The minimum absolute atomic E-state index is 0.0581. The van der Waals surface area contributed by atoms with Gasteiger partial charge >= 0.3 is 6.18 Å². The molecule has 0 spiro atoms. The van der Waals surface area contributed by atoms with Gasteiger partial charge in [0.05, 0.1) is 13.7 Å². The highest BCUT2D eigenvalue weighted by atomic mass is 19.4. The van der Waals surface area contributed by atoms with E-state index in [1.165, 1.54) is 7.11 Å². The lowest BCUT2D eigenvalue weighted by Crippen LogP contribution is -2.13. The van der Waals surface area contributed by atoms with Crippen LogP contribution in [0.3, 0.4) is 0 Å². The van der Waals surface area contributed by atoms with Crippen molar-refractivity contribution in [3.63, 3.8) is 0 Å². The summed E-state index contributed by atoms with van der Waals surface area (Å²) in [5.41, 5.74) is 4.24. The number of aromatic nitrogens is 2. The summed E-state index contributed by atoms with van der Waals surface area (Å²) in [6, 6.07) is 0.843. The van der Waals surface area contributed by atoms with Crippen molar-refractivity contribution >= 4 is 0 Å². The van der Waals surface area contributed by atoms with Crippen LogP contribution in [-0.2, 0) is 12.7 Å². The largest absolute Gasteiger partial charge is 0.481 e. The standard InChI is InChI=1S/C7H10F3N3O/c1-14-6-4-5(7(8,9)10)12-13(6)3-2-11/h4H,2-3,11H2,1H3. The summed E-state index contributed by atoms with van der Waals surface area (Å²) in [6.45, 7) is 0.397. The van der Waals surface area contributed by atoms with Crippen molar-refractivity contribution in [1.82, 2.24) is 9.78 Å². The number of nitrogens with two attached hydrogens (primary N) is 1. The molecular formula is C7H10F3N3O. The van der Waals surface area contributed by atoms with E-state index in [0.29, 0.717) is 0 Å². The molecule has 0 saturated carbocycles. The molecule has 1 aromatic heterocycles. The van der Waals surface area contributed by atoms with E-state index in [2.05, 4.69) is 5.10 Å². The molecule has 0 radical (unpaired) electrons. The van der Waals surface area contributed by atoms with Crippen molar-refractivity contribution < 1.29 is 17.9 Å². The molecular weight excluding hydrogens is 199 g/mol. The molecule has 0 aliphatic rings. The van der Waals surface area contributed by atoms with Crippen LogP contribution in [0, 0.1) is 0 Å². The van der Waals surface area contributed by atoms with E-state index in [-0.39, 0.29) is 19.0 Å². The van der Waals surface area contributed by atoms with E-state index >= 15 is 0 Å². The van der Waals surface area contributed by atoms with Crippen LogP contribution in [0.4, 0.5) is 13.2 Å². The van der Waals surface area contributed by atoms with Gasteiger partial charge in [0.15, 0.2) is 5.69 Å². The number of nitrogens with zero attached hydrogens (tertiary/aromatic N) is 2. The van der Waals surface area contributed by atoms with E-state index in [9.17, 15) is 13.2 Å². The van der Waals surface area contributed by atoms with E-state index < -0.39 is 11.9 Å². The van der Waals surface area contributed by atoms with Gasteiger partial charge in [-0.1, -0.05) is 0 Å². The molecule has 14 heavy (non-hydrogen) atoms. The van der Waals surface area contributed by atoms with Gasteiger partial charge in [0.25, 0.3) is 0 Å². The Labute approximate surface area is 78.4 Å². The molecule has 0 aliphatic carbocycles. The first-order valence-corrected chi connectivity index (χ1v) is 3.88. The number of hydrogen-bond donors (Lipinski definition) is 1. The van der Waals surface area contributed by atoms with E-state index in [1.807, 2.05) is 0 Å². The Morgan fingerprint density at radius 2 is 2.21 bits per heavy atom. The molecule has 0 aliphatic heterocycles. The van der Waals surface area contributed by atoms with Crippen LogP contribution in [0.15, 0.2) is 6.07 Å². The maximum absolute atomic E-state index is 12.2. The highest BCUT2D eigenvalue weighted by molar-refractivity contribution is 5.18. The lowest BCUT2D eigenvalue weighted by Gasteiger charge is -2.02. The lowest BCUT2D eigenvalue weighted by atomic mass is 10.4. The van der Waals surface area contributed by atoms with Gasteiger partial charge in [-0.2, -0.15) is 18.3 Å². The highest BCUT2D eigenvalue weighted by Gasteiger charge is 2.35. The molecule has 0 unspecified atom stereocenters. The fourth-order valence-electron chi connectivity index (χ4n) is 0.985. The number of halogens is 3. The Morgan fingerprint density at radius 1 is 1.57 bits per heavy atom. The van der Waals surface area contributed by atoms with Crippen LogP contribution in [0.1, 0.15) is 5.69 Å². The Morgan fingerprint density at radius 3 is 2.64 bits per heavy atom. The van der Waals surface area contributed by atoms with Gasteiger partial charge in [-0.05, 0) is 0 Å². The first-order chi connectivity index (χ1) is 6.49. The first-order valence-electron chi connectivity index (χ1n) is 3.88. The average Bonchev–Trinajstić information content (AvgIpc) is 2.47. The minimum Gasteiger partial charge on any atom is -0.481 e. The summed E-state index contributed by atoms with van der Waals surface area (Å²) >= 11 is 0. The molecule has 0 bridgehead atoms. The second-order valence-electron chi connectivity index (χ2n) is 2.58. The zero-order valence-electron chi connectivity index (χ0n) is 7.51. The molecule has 1 aromatic rings. The number of ether oxygens (including phenoxy) is 1. The molecule has 0 amide bonds. The molecule has 80 valence electrons. The maximum Gasteiger partial charge on any atom is 0.435 e. The fourth-order valence-corrected chi connectivity index (χ4v) is 0.985. The van der Waals surface area contributed by atoms with Crippen molar-refractivity contribution in [2.24, 2.45) is 5.73 Å². The molecule has 4 nitrogen and oxygen atoms in total. The van der Waals surface area contributed by atoms with Crippen LogP contribution in [-0.4, -0.2) is 23.4 Å². The lowest BCUT2D eigenvalue weighted by molar-refractivity contribution is -0.141. The van der Waals surface area contributed by atoms with Gasteiger partial charge in [0.1, 0.15) is 0 Å². The molecule has 0 aromatic carbocycles. The Bertz CT molecular complexity index is 308. The summed E-state index contributed by atoms with van der Waals surface area (Å²) in [5.74, 6) is 0.0581. The van der Waals surface area contributed by atoms with Crippen molar-refractivity contribution in [1.29, 1.82) is 0 Å². The van der Waals surface area contributed by atoms with Crippen molar-refractivity contribution in [3.05, 3.63) is 11.8 Å². The normalized spacial score (nSPS) is 11.8. The molecule has 0 atom stereocenters. The Kier molecular flexibility index (Phi) is 3.00. The third-order valence-corrected chi connectivity index (χ3v) is 1.58.